The van der Waals surface area contributed by atoms with Gasteiger partial charge in [-0.15, -0.1) is 10.2 Å². The van der Waals surface area contributed by atoms with Gasteiger partial charge in [-0.2, -0.15) is 4.31 Å². The minimum Gasteiger partial charge on any atom is -0.424 e. The topological polar surface area (TPSA) is 79.5 Å². The summed E-state index contributed by atoms with van der Waals surface area (Å²) in [7, 11) is -3.60. The lowest BCUT2D eigenvalue weighted by Crippen LogP contribution is -2.48. The molecule has 0 atom stereocenters. The third-order valence-corrected chi connectivity index (χ3v) is 5.92. The van der Waals surface area contributed by atoms with Crippen LogP contribution in [-0.2, 0) is 16.6 Å². The quantitative estimate of drug-likeness (QED) is 0.824. The molecule has 1 aromatic carbocycles. The molecule has 130 valence electrons. The summed E-state index contributed by atoms with van der Waals surface area (Å²) >= 11 is 0. The molecule has 1 saturated heterocycles. The highest BCUT2D eigenvalue weighted by molar-refractivity contribution is 7.89. The van der Waals surface area contributed by atoms with E-state index in [0.29, 0.717) is 50.1 Å². The Morgan fingerprint density at radius 1 is 1.17 bits per heavy atom. The van der Waals surface area contributed by atoms with E-state index in [4.69, 9.17) is 4.42 Å². The van der Waals surface area contributed by atoms with E-state index in [-0.39, 0.29) is 4.90 Å². The van der Waals surface area contributed by atoms with Crippen LogP contribution < -0.4 is 0 Å². The van der Waals surface area contributed by atoms with E-state index in [1.165, 1.54) is 22.5 Å². The van der Waals surface area contributed by atoms with Gasteiger partial charge in [0.1, 0.15) is 5.82 Å². The second-order valence-electron chi connectivity index (χ2n) is 5.81. The van der Waals surface area contributed by atoms with Gasteiger partial charge in [-0.3, -0.25) is 4.90 Å². The standard InChI is InChI=1S/C15H19FN4O3S/c1-11-9-13(3-4-14(11)16)24(21,22)20-7-5-19(6-8-20)10-15-18-17-12(2)23-15/h3-4,9H,5-8,10H2,1-2H3. The third-order valence-electron chi connectivity index (χ3n) is 4.03. The lowest BCUT2D eigenvalue weighted by Gasteiger charge is -2.33. The summed E-state index contributed by atoms with van der Waals surface area (Å²) in [6.45, 7) is 5.66. The number of aryl methyl sites for hydroxylation is 2. The fourth-order valence-electron chi connectivity index (χ4n) is 2.65. The maximum atomic E-state index is 13.4. The first kappa shape index (κ1) is 17.0. The van der Waals surface area contributed by atoms with Crippen molar-refractivity contribution in [2.24, 2.45) is 0 Å². The van der Waals surface area contributed by atoms with Gasteiger partial charge in [-0.05, 0) is 30.7 Å². The maximum absolute atomic E-state index is 13.4. The van der Waals surface area contributed by atoms with Crippen molar-refractivity contribution in [3.05, 3.63) is 41.4 Å². The molecule has 2 heterocycles. The first-order valence-corrected chi connectivity index (χ1v) is 9.08. The van der Waals surface area contributed by atoms with Gasteiger partial charge in [-0.25, -0.2) is 12.8 Å². The average Bonchev–Trinajstić information content (AvgIpc) is 2.95. The van der Waals surface area contributed by atoms with Gasteiger partial charge in [0.15, 0.2) is 0 Å². The van der Waals surface area contributed by atoms with Gasteiger partial charge >= 0.3 is 0 Å². The van der Waals surface area contributed by atoms with Crippen LogP contribution in [0.4, 0.5) is 4.39 Å². The number of piperazine rings is 1. The zero-order valence-corrected chi connectivity index (χ0v) is 14.4. The number of nitrogens with zero attached hydrogens (tertiary/aromatic N) is 4. The molecule has 7 nitrogen and oxygen atoms in total. The number of benzene rings is 1. The van der Waals surface area contributed by atoms with Gasteiger partial charge < -0.3 is 4.42 Å². The normalized spacial score (nSPS) is 17.3. The summed E-state index contributed by atoms with van der Waals surface area (Å²) < 4.78 is 45.4. The average molecular weight is 354 g/mol. The molecule has 0 spiro atoms. The van der Waals surface area contributed by atoms with Gasteiger partial charge in [0.2, 0.25) is 21.8 Å². The second kappa shape index (κ2) is 6.58. The van der Waals surface area contributed by atoms with Crippen molar-refractivity contribution in [1.82, 2.24) is 19.4 Å². The van der Waals surface area contributed by atoms with Crippen molar-refractivity contribution in [2.45, 2.75) is 25.3 Å². The Balaban J connectivity index is 1.65. The summed E-state index contributed by atoms with van der Waals surface area (Å²) in [6, 6.07) is 3.87. The van der Waals surface area contributed by atoms with E-state index in [1.54, 1.807) is 13.8 Å². The predicted octanol–water partition coefficient (Wildman–Crippen LogP) is 1.33. The largest absolute Gasteiger partial charge is 0.424 e. The van der Waals surface area contributed by atoms with Crippen molar-refractivity contribution in [2.75, 3.05) is 26.2 Å². The van der Waals surface area contributed by atoms with Crippen molar-refractivity contribution in [3.63, 3.8) is 0 Å². The lowest BCUT2D eigenvalue weighted by atomic mass is 10.2. The van der Waals surface area contributed by atoms with Crippen LogP contribution in [0.2, 0.25) is 0 Å². The van der Waals surface area contributed by atoms with Crippen molar-refractivity contribution in [3.8, 4) is 0 Å². The fraction of sp³-hybridized carbons (Fsp3) is 0.467. The van der Waals surface area contributed by atoms with Crippen LogP contribution in [0, 0.1) is 19.7 Å². The summed E-state index contributed by atoms with van der Waals surface area (Å²) in [6.07, 6.45) is 0. The highest BCUT2D eigenvalue weighted by Crippen LogP contribution is 2.20. The number of sulfonamides is 1. The smallest absolute Gasteiger partial charge is 0.243 e. The summed E-state index contributed by atoms with van der Waals surface area (Å²) in [5.74, 6) is 0.629. The van der Waals surface area contributed by atoms with Crippen LogP contribution in [0.3, 0.4) is 0 Å². The SMILES string of the molecule is Cc1nnc(CN2CCN(S(=O)(=O)c3ccc(F)c(C)c3)CC2)o1. The number of hydrogen-bond acceptors (Lipinski definition) is 6. The number of hydrogen-bond donors (Lipinski definition) is 0. The molecule has 0 N–H and O–H groups in total. The molecule has 1 aromatic heterocycles. The van der Waals surface area contributed by atoms with E-state index < -0.39 is 15.8 Å². The number of rotatable bonds is 4. The summed E-state index contributed by atoms with van der Waals surface area (Å²) in [5, 5.41) is 7.73. The zero-order chi connectivity index (χ0) is 17.3. The molecule has 1 fully saturated rings. The Bertz CT molecular complexity index is 829. The van der Waals surface area contributed by atoms with E-state index in [2.05, 4.69) is 15.1 Å². The molecule has 0 radical (unpaired) electrons. The zero-order valence-electron chi connectivity index (χ0n) is 13.6. The van der Waals surface area contributed by atoms with Gasteiger partial charge in [-0.1, -0.05) is 0 Å². The Labute approximate surface area is 140 Å². The maximum Gasteiger partial charge on any atom is 0.243 e. The second-order valence-corrected chi connectivity index (χ2v) is 7.74. The Morgan fingerprint density at radius 3 is 2.46 bits per heavy atom. The molecule has 3 rings (SSSR count). The Morgan fingerprint density at radius 2 is 1.88 bits per heavy atom. The fourth-order valence-corrected chi connectivity index (χ4v) is 4.16. The molecule has 1 aliphatic rings. The monoisotopic (exact) mass is 354 g/mol. The van der Waals surface area contributed by atoms with E-state index >= 15 is 0 Å². The van der Waals surface area contributed by atoms with E-state index in [1.807, 2.05) is 0 Å². The van der Waals surface area contributed by atoms with E-state index in [0.717, 1.165) is 0 Å². The third kappa shape index (κ3) is 3.47. The number of halogens is 1. The van der Waals surface area contributed by atoms with Crippen LogP contribution in [0.25, 0.3) is 0 Å². The summed E-state index contributed by atoms with van der Waals surface area (Å²) in [5.41, 5.74) is 0.321. The molecule has 0 bridgehead atoms. The molecule has 24 heavy (non-hydrogen) atoms. The Hall–Kier alpha value is -1.84. The molecule has 9 heteroatoms. The van der Waals surface area contributed by atoms with Crippen molar-refractivity contribution < 1.29 is 17.2 Å². The van der Waals surface area contributed by atoms with Crippen LogP contribution in [-0.4, -0.2) is 54.0 Å². The van der Waals surface area contributed by atoms with Crippen molar-refractivity contribution in [1.29, 1.82) is 0 Å². The molecular weight excluding hydrogens is 335 g/mol. The van der Waals surface area contributed by atoms with Crippen LogP contribution >= 0.6 is 0 Å². The molecule has 0 amide bonds. The van der Waals surface area contributed by atoms with E-state index in [9.17, 15) is 12.8 Å². The highest BCUT2D eigenvalue weighted by Gasteiger charge is 2.29. The molecular formula is C15H19FN4O3S. The van der Waals surface area contributed by atoms with Gasteiger partial charge in [0, 0.05) is 33.1 Å². The minimum absolute atomic E-state index is 0.127. The molecule has 0 unspecified atom stereocenters. The van der Waals surface area contributed by atoms with Crippen molar-refractivity contribution >= 4 is 10.0 Å². The number of aromatic nitrogens is 2. The van der Waals surface area contributed by atoms with Gasteiger partial charge in [0.25, 0.3) is 0 Å². The van der Waals surface area contributed by atoms with Gasteiger partial charge in [0.05, 0.1) is 11.4 Å². The first-order chi connectivity index (χ1) is 11.4. The summed E-state index contributed by atoms with van der Waals surface area (Å²) in [4.78, 5) is 2.19. The first-order valence-electron chi connectivity index (χ1n) is 7.64. The molecule has 0 saturated carbocycles. The minimum atomic E-state index is -3.60. The van der Waals surface area contributed by atoms with Crippen LogP contribution in [0.1, 0.15) is 17.3 Å². The lowest BCUT2D eigenvalue weighted by molar-refractivity contribution is 0.167. The van der Waals surface area contributed by atoms with Crippen LogP contribution in [0.5, 0.6) is 0 Å². The molecule has 2 aromatic rings. The molecule has 1 aliphatic heterocycles. The van der Waals surface area contributed by atoms with Crippen LogP contribution in [0.15, 0.2) is 27.5 Å². The highest BCUT2D eigenvalue weighted by atomic mass is 32.2. The Kier molecular flexibility index (Phi) is 4.66. The predicted molar refractivity (Wildman–Crippen MR) is 84.2 cm³/mol. The molecule has 0 aliphatic carbocycles.